The van der Waals surface area contributed by atoms with Crippen LogP contribution in [0.15, 0.2) is 36.5 Å². The fourth-order valence-corrected chi connectivity index (χ4v) is 7.64. The van der Waals surface area contributed by atoms with Crippen molar-refractivity contribution in [2.45, 2.75) is 232 Å². The molecule has 9 nitrogen and oxygen atoms in total. The van der Waals surface area contributed by atoms with E-state index < -0.39 is 32.5 Å². The van der Waals surface area contributed by atoms with Gasteiger partial charge in [-0.05, 0) is 70.6 Å². The van der Waals surface area contributed by atoms with E-state index in [4.69, 9.17) is 18.5 Å². The molecule has 0 aromatic heterocycles. The second-order valence-corrected chi connectivity index (χ2v) is 19.6. The van der Waals surface area contributed by atoms with Crippen LogP contribution in [-0.4, -0.2) is 70.0 Å². The molecule has 2 atom stereocenters. The van der Waals surface area contributed by atoms with Crippen molar-refractivity contribution in [2.24, 2.45) is 0 Å². The van der Waals surface area contributed by atoms with Gasteiger partial charge in [0.05, 0.1) is 27.7 Å². The fourth-order valence-electron chi connectivity index (χ4n) is 6.92. The van der Waals surface area contributed by atoms with Crippen molar-refractivity contribution in [1.82, 2.24) is 0 Å². The number of rotatable bonds is 46. The first-order valence-electron chi connectivity index (χ1n) is 25.2. The summed E-state index contributed by atoms with van der Waals surface area (Å²) in [5.74, 6) is -0.843. The van der Waals surface area contributed by atoms with Crippen LogP contribution in [0.1, 0.15) is 226 Å². The standard InChI is InChI=1S/C51H96NO8P/c1-6-8-10-12-14-16-18-20-22-24-25-26-27-28-30-32-34-36-38-40-42-44-51(54)60-49(48-59-61(55,56)58-46-45-52(3,4)5)47-57-50(53)43-41-39-37-35-33-31-29-23-21-19-17-15-13-11-9-7-2/h18,20,23-25,29,49H,6-17,19,21-22,26-28,30-48H2,1-5H3/b20-18-,25-24-,29-23-. The van der Waals surface area contributed by atoms with E-state index in [1.807, 2.05) is 21.1 Å². The molecule has 0 heterocycles. The fraction of sp³-hybridized carbons (Fsp3) is 0.843. The smallest absolute Gasteiger partial charge is 0.306 e. The Morgan fingerprint density at radius 1 is 0.508 bits per heavy atom. The van der Waals surface area contributed by atoms with Crippen LogP contribution in [0.4, 0.5) is 0 Å². The van der Waals surface area contributed by atoms with E-state index in [0.717, 1.165) is 70.6 Å². The van der Waals surface area contributed by atoms with Crippen LogP contribution in [-0.2, 0) is 32.7 Å². The van der Waals surface area contributed by atoms with Gasteiger partial charge in [0.2, 0.25) is 0 Å². The summed E-state index contributed by atoms with van der Waals surface area (Å²) in [7, 11) is 1.16. The molecule has 0 aliphatic heterocycles. The highest BCUT2D eigenvalue weighted by molar-refractivity contribution is 7.45. The minimum Gasteiger partial charge on any atom is -0.756 e. The highest BCUT2D eigenvalue weighted by Gasteiger charge is 2.21. The SMILES string of the molecule is CCCCCCC/C=C\C/C=C\CCCCCCCCCCCC(=O)OC(COC(=O)CCCCCCC/C=C\CCCCCCCCC)COP(=O)([O-])OCC[N+](C)(C)C. The van der Waals surface area contributed by atoms with Crippen molar-refractivity contribution in [3.05, 3.63) is 36.5 Å². The number of hydrogen-bond donors (Lipinski definition) is 0. The van der Waals surface area contributed by atoms with Gasteiger partial charge in [-0.25, -0.2) is 0 Å². The van der Waals surface area contributed by atoms with Crippen molar-refractivity contribution >= 4 is 19.8 Å². The van der Waals surface area contributed by atoms with Gasteiger partial charge in [-0.15, -0.1) is 0 Å². The van der Waals surface area contributed by atoms with Crippen molar-refractivity contribution in [3.63, 3.8) is 0 Å². The molecule has 61 heavy (non-hydrogen) atoms. The predicted octanol–water partition coefficient (Wildman–Crippen LogP) is 14.2. The van der Waals surface area contributed by atoms with E-state index in [0.29, 0.717) is 17.4 Å². The molecule has 0 fully saturated rings. The number of phosphoric ester groups is 1. The Morgan fingerprint density at radius 2 is 0.885 bits per heavy atom. The van der Waals surface area contributed by atoms with Gasteiger partial charge in [0.1, 0.15) is 19.8 Å². The molecule has 0 bridgehead atoms. The zero-order chi connectivity index (χ0) is 45.0. The Kier molecular flexibility index (Phi) is 42.2. The van der Waals surface area contributed by atoms with E-state index >= 15 is 0 Å². The number of hydrogen-bond acceptors (Lipinski definition) is 8. The van der Waals surface area contributed by atoms with Crippen LogP contribution in [0, 0.1) is 0 Å². The van der Waals surface area contributed by atoms with Gasteiger partial charge < -0.3 is 27.9 Å². The number of carbonyl (C=O) groups excluding carboxylic acids is 2. The molecule has 0 radical (unpaired) electrons. The zero-order valence-corrected chi connectivity index (χ0v) is 41.3. The first-order valence-corrected chi connectivity index (χ1v) is 26.7. The Balaban J connectivity index is 4.28. The Labute approximate surface area is 376 Å². The maximum Gasteiger partial charge on any atom is 0.306 e. The van der Waals surface area contributed by atoms with E-state index in [9.17, 15) is 19.0 Å². The van der Waals surface area contributed by atoms with Crippen LogP contribution in [0.3, 0.4) is 0 Å². The van der Waals surface area contributed by atoms with E-state index in [-0.39, 0.29) is 26.1 Å². The molecule has 10 heteroatoms. The lowest BCUT2D eigenvalue weighted by molar-refractivity contribution is -0.870. The largest absolute Gasteiger partial charge is 0.756 e. The number of nitrogens with zero attached hydrogens (tertiary/aromatic N) is 1. The average molecular weight is 882 g/mol. The first-order chi connectivity index (χ1) is 29.5. The molecule has 0 rings (SSSR count). The summed E-state index contributed by atoms with van der Waals surface area (Å²) in [6.45, 7) is 4.22. The second-order valence-electron chi connectivity index (χ2n) is 18.2. The molecule has 0 N–H and O–H groups in total. The number of allylic oxidation sites excluding steroid dienone is 6. The molecular formula is C51H96NO8P. The monoisotopic (exact) mass is 882 g/mol. The Hall–Kier alpha value is -1.77. The highest BCUT2D eigenvalue weighted by atomic mass is 31.2. The van der Waals surface area contributed by atoms with Crippen molar-refractivity contribution < 1.29 is 42.1 Å². The van der Waals surface area contributed by atoms with Gasteiger partial charge in [-0.2, -0.15) is 0 Å². The minimum atomic E-state index is -4.63. The van der Waals surface area contributed by atoms with Crippen LogP contribution in [0.2, 0.25) is 0 Å². The van der Waals surface area contributed by atoms with Gasteiger partial charge in [-0.3, -0.25) is 14.2 Å². The van der Waals surface area contributed by atoms with Gasteiger partial charge in [0, 0.05) is 12.8 Å². The number of quaternary nitrogens is 1. The van der Waals surface area contributed by atoms with E-state index in [2.05, 4.69) is 50.3 Å². The maximum absolute atomic E-state index is 12.7. The molecule has 0 aliphatic carbocycles. The van der Waals surface area contributed by atoms with Crippen molar-refractivity contribution in [2.75, 3.05) is 47.5 Å². The third-order valence-electron chi connectivity index (χ3n) is 10.9. The summed E-state index contributed by atoms with van der Waals surface area (Å²) in [6.07, 6.45) is 50.2. The Bertz CT molecular complexity index is 1130. The third-order valence-corrected chi connectivity index (χ3v) is 11.8. The third kappa shape index (κ3) is 47.5. The lowest BCUT2D eigenvalue weighted by Gasteiger charge is -2.28. The molecule has 0 amide bonds. The quantitative estimate of drug-likeness (QED) is 0.0195. The zero-order valence-electron chi connectivity index (χ0n) is 40.4. The molecule has 0 aromatic rings. The van der Waals surface area contributed by atoms with Gasteiger partial charge in [-0.1, -0.05) is 179 Å². The topological polar surface area (TPSA) is 111 Å². The van der Waals surface area contributed by atoms with Crippen LogP contribution in [0.25, 0.3) is 0 Å². The van der Waals surface area contributed by atoms with Crippen molar-refractivity contribution in [3.8, 4) is 0 Å². The van der Waals surface area contributed by atoms with Gasteiger partial charge in [0.25, 0.3) is 7.82 Å². The second kappa shape index (κ2) is 43.5. The van der Waals surface area contributed by atoms with Gasteiger partial charge >= 0.3 is 11.9 Å². The summed E-state index contributed by atoms with van der Waals surface area (Å²) in [6, 6.07) is 0. The molecule has 0 spiro atoms. The summed E-state index contributed by atoms with van der Waals surface area (Å²) >= 11 is 0. The highest BCUT2D eigenvalue weighted by Crippen LogP contribution is 2.38. The Morgan fingerprint density at radius 3 is 1.31 bits per heavy atom. The average Bonchev–Trinajstić information content (AvgIpc) is 3.21. The number of phosphoric acid groups is 1. The van der Waals surface area contributed by atoms with E-state index in [1.54, 1.807) is 0 Å². The number of likely N-dealkylation sites (N-methyl/N-ethyl adjacent to an activating group) is 1. The summed E-state index contributed by atoms with van der Waals surface area (Å²) < 4.78 is 34.0. The van der Waals surface area contributed by atoms with Crippen LogP contribution >= 0.6 is 7.82 Å². The molecule has 0 saturated carbocycles. The van der Waals surface area contributed by atoms with E-state index in [1.165, 1.54) is 122 Å². The summed E-state index contributed by atoms with van der Waals surface area (Å²) in [5.41, 5.74) is 0. The summed E-state index contributed by atoms with van der Waals surface area (Å²) in [5, 5.41) is 0. The lowest BCUT2D eigenvalue weighted by Crippen LogP contribution is -2.37. The number of esters is 2. The lowest BCUT2D eigenvalue weighted by atomic mass is 10.1. The molecular weight excluding hydrogens is 786 g/mol. The molecule has 0 saturated heterocycles. The first kappa shape index (κ1) is 59.2. The van der Waals surface area contributed by atoms with Crippen LogP contribution < -0.4 is 4.89 Å². The van der Waals surface area contributed by atoms with Crippen molar-refractivity contribution in [1.29, 1.82) is 0 Å². The number of ether oxygens (including phenoxy) is 2. The number of unbranched alkanes of at least 4 members (excludes halogenated alkanes) is 26. The molecule has 0 aromatic carbocycles. The molecule has 358 valence electrons. The maximum atomic E-state index is 12.7. The van der Waals surface area contributed by atoms with Gasteiger partial charge in [0.15, 0.2) is 6.10 Å². The molecule has 2 unspecified atom stereocenters. The minimum absolute atomic E-state index is 0.0328. The number of carbonyl (C=O) groups is 2. The predicted molar refractivity (Wildman–Crippen MR) is 254 cm³/mol. The van der Waals surface area contributed by atoms with Crippen LogP contribution in [0.5, 0.6) is 0 Å². The summed E-state index contributed by atoms with van der Waals surface area (Å²) in [4.78, 5) is 37.7. The normalized spacial score (nSPS) is 13.7. The molecule has 0 aliphatic rings.